The lowest BCUT2D eigenvalue weighted by Gasteiger charge is -2.35. The van der Waals surface area contributed by atoms with Crippen molar-refractivity contribution in [3.8, 4) is 0 Å². The van der Waals surface area contributed by atoms with Crippen LogP contribution in [-0.2, 0) is 18.8 Å². The standard InChI is InChI=1S/C18H38NO4P/c1-8-9-10-11-12-18(20)22-13-17(21-6)14-23-24(7)19(15(2)3)16(4)5/h15-17H,8-14H2,1-7H3. The van der Waals surface area contributed by atoms with Gasteiger partial charge in [-0.25, -0.2) is 0 Å². The quantitative estimate of drug-likeness (QED) is 0.257. The molecule has 0 aromatic carbocycles. The number of hydrogen-bond acceptors (Lipinski definition) is 5. The van der Waals surface area contributed by atoms with Gasteiger partial charge in [0.1, 0.15) is 21.0 Å². The van der Waals surface area contributed by atoms with Crippen molar-refractivity contribution in [3.63, 3.8) is 0 Å². The van der Waals surface area contributed by atoms with Crippen molar-refractivity contribution in [1.82, 2.24) is 4.67 Å². The number of unbranched alkanes of at least 4 members (excludes halogenated alkanes) is 3. The summed E-state index contributed by atoms with van der Waals surface area (Å²) in [7, 11) is 0.941. The number of rotatable bonds is 14. The number of esters is 1. The second-order valence-electron chi connectivity index (χ2n) is 6.68. The molecule has 0 aliphatic heterocycles. The van der Waals surface area contributed by atoms with Crippen LogP contribution in [0.2, 0.25) is 0 Å². The molecule has 0 radical (unpaired) electrons. The average Bonchev–Trinajstić information content (AvgIpc) is 2.51. The van der Waals surface area contributed by atoms with E-state index in [1.807, 2.05) is 0 Å². The second-order valence-corrected chi connectivity index (χ2v) is 8.33. The van der Waals surface area contributed by atoms with Crippen LogP contribution < -0.4 is 0 Å². The summed E-state index contributed by atoms with van der Waals surface area (Å²) in [6, 6.07) is 0.867. The van der Waals surface area contributed by atoms with Gasteiger partial charge in [0, 0.05) is 25.6 Å². The maximum atomic E-state index is 11.7. The molecule has 0 saturated heterocycles. The van der Waals surface area contributed by atoms with E-state index in [1.54, 1.807) is 7.11 Å². The number of carbonyl (C=O) groups is 1. The normalized spacial score (nSPS) is 14.4. The van der Waals surface area contributed by atoms with Crippen LogP contribution in [0, 0.1) is 0 Å². The van der Waals surface area contributed by atoms with Gasteiger partial charge in [-0.15, -0.1) is 0 Å². The molecule has 0 bridgehead atoms. The number of methoxy groups -OCH3 is 1. The van der Waals surface area contributed by atoms with Crippen LogP contribution in [0.15, 0.2) is 0 Å². The molecule has 0 saturated carbocycles. The number of hydrogen-bond donors (Lipinski definition) is 0. The highest BCUT2D eigenvalue weighted by molar-refractivity contribution is 7.49. The molecule has 0 amide bonds. The molecule has 2 unspecified atom stereocenters. The highest BCUT2D eigenvalue weighted by atomic mass is 31.2. The lowest BCUT2D eigenvalue weighted by molar-refractivity contribution is -0.148. The zero-order chi connectivity index (χ0) is 18.5. The van der Waals surface area contributed by atoms with E-state index in [9.17, 15) is 4.79 Å². The minimum atomic E-state index is -0.688. The van der Waals surface area contributed by atoms with Gasteiger partial charge in [-0.1, -0.05) is 26.2 Å². The van der Waals surface area contributed by atoms with Crippen LogP contribution in [0.1, 0.15) is 66.7 Å². The van der Waals surface area contributed by atoms with Gasteiger partial charge in [0.05, 0.1) is 6.61 Å². The molecule has 0 fully saturated rings. The maximum absolute atomic E-state index is 11.7. The van der Waals surface area contributed by atoms with E-state index in [0.717, 1.165) is 12.8 Å². The summed E-state index contributed by atoms with van der Waals surface area (Å²) in [5, 5.41) is 0. The first-order valence-electron chi connectivity index (χ1n) is 9.16. The predicted octanol–water partition coefficient (Wildman–Crippen LogP) is 4.59. The predicted molar refractivity (Wildman–Crippen MR) is 101 cm³/mol. The van der Waals surface area contributed by atoms with Crippen LogP contribution in [-0.4, -0.2) is 55.8 Å². The van der Waals surface area contributed by atoms with E-state index in [2.05, 4.69) is 46.0 Å². The largest absolute Gasteiger partial charge is 0.463 e. The summed E-state index contributed by atoms with van der Waals surface area (Å²) in [6.07, 6.45) is 4.61. The van der Waals surface area contributed by atoms with Crippen LogP contribution in [0.25, 0.3) is 0 Å². The van der Waals surface area contributed by atoms with Crippen molar-refractivity contribution in [2.24, 2.45) is 0 Å². The summed E-state index contributed by atoms with van der Waals surface area (Å²) >= 11 is 0. The van der Waals surface area contributed by atoms with E-state index in [-0.39, 0.29) is 18.7 Å². The van der Waals surface area contributed by atoms with Crippen molar-refractivity contribution in [2.45, 2.75) is 84.9 Å². The Labute approximate surface area is 150 Å². The first kappa shape index (κ1) is 23.8. The molecule has 0 rings (SSSR count). The van der Waals surface area contributed by atoms with Crippen LogP contribution >= 0.6 is 8.30 Å². The topological polar surface area (TPSA) is 48.0 Å². The molecule has 24 heavy (non-hydrogen) atoms. The van der Waals surface area contributed by atoms with Gasteiger partial charge in [0.2, 0.25) is 0 Å². The summed E-state index contributed by atoms with van der Waals surface area (Å²) in [4.78, 5) is 11.7. The Morgan fingerprint density at radius 3 is 2.17 bits per heavy atom. The fraction of sp³-hybridized carbons (Fsp3) is 0.944. The van der Waals surface area contributed by atoms with Crippen LogP contribution in [0.4, 0.5) is 0 Å². The van der Waals surface area contributed by atoms with Gasteiger partial charge in [0.25, 0.3) is 0 Å². The van der Waals surface area contributed by atoms with Crippen molar-refractivity contribution in [3.05, 3.63) is 0 Å². The minimum absolute atomic E-state index is 0.141. The van der Waals surface area contributed by atoms with Gasteiger partial charge in [0.15, 0.2) is 0 Å². The zero-order valence-electron chi connectivity index (χ0n) is 16.7. The van der Waals surface area contributed by atoms with E-state index in [1.165, 1.54) is 12.8 Å². The van der Waals surface area contributed by atoms with Gasteiger partial charge in [-0.2, -0.15) is 0 Å². The Kier molecular flexibility index (Phi) is 13.9. The van der Waals surface area contributed by atoms with E-state index in [4.69, 9.17) is 14.0 Å². The average molecular weight is 363 g/mol. The molecule has 2 atom stereocenters. The Morgan fingerprint density at radius 1 is 1.04 bits per heavy atom. The highest BCUT2D eigenvalue weighted by Gasteiger charge is 2.22. The molecule has 0 N–H and O–H groups in total. The summed E-state index contributed by atoms with van der Waals surface area (Å²) < 4.78 is 19.1. The van der Waals surface area contributed by atoms with E-state index >= 15 is 0 Å². The van der Waals surface area contributed by atoms with Crippen molar-refractivity contribution in [1.29, 1.82) is 0 Å². The molecule has 0 aliphatic carbocycles. The lowest BCUT2D eigenvalue weighted by Crippen LogP contribution is -2.34. The third kappa shape index (κ3) is 10.6. The molecule has 6 heteroatoms. The SMILES string of the molecule is CCCCCCC(=O)OCC(COP(C)N(C(C)C)C(C)C)OC. The Balaban J connectivity index is 4.11. The molecule has 0 heterocycles. The monoisotopic (exact) mass is 363 g/mol. The molecule has 0 spiro atoms. The van der Waals surface area contributed by atoms with Gasteiger partial charge in [-0.3, -0.25) is 9.46 Å². The van der Waals surface area contributed by atoms with Crippen molar-refractivity contribution < 1.29 is 18.8 Å². The molecular weight excluding hydrogens is 325 g/mol. The van der Waals surface area contributed by atoms with Gasteiger partial charge in [-0.05, 0) is 40.8 Å². The summed E-state index contributed by atoms with van der Waals surface area (Å²) in [6.45, 7) is 13.7. The lowest BCUT2D eigenvalue weighted by atomic mass is 10.2. The molecular formula is C18H38NO4P. The first-order valence-corrected chi connectivity index (χ1v) is 10.8. The third-order valence-electron chi connectivity index (χ3n) is 3.83. The maximum Gasteiger partial charge on any atom is 0.305 e. The Hall–Kier alpha value is -0.220. The van der Waals surface area contributed by atoms with Crippen molar-refractivity contribution in [2.75, 3.05) is 27.0 Å². The highest BCUT2D eigenvalue weighted by Crippen LogP contribution is 2.40. The number of carbonyl (C=O) groups excluding carboxylic acids is 1. The fourth-order valence-corrected chi connectivity index (χ4v) is 4.46. The smallest absolute Gasteiger partial charge is 0.305 e. The molecule has 144 valence electrons. The fourth-order valence-electron chi connectivity index (χ4n) is 2.64. The Bertz CT molecular complexity index is 318. The molecule has 0 aromatic heterocycles. The minimum Gasteiger partial charge on any atom is -0.463 e. The first-order chi connectivity index (χ1) is 11.3. The summed E-state index contributed by atoms with van der Waals surface area (Å²) in [5.74, 6) is -0.141. The zero-order valence-corrected chi connectivity index (χ0v) is 17.6. The van der Waals surface area contributed by atoms with Crippen molar-refractivity contribution >= 4 is 14.3 Å². The molecule has 5 nitrogen and oxygen atoms in total. The third-order valence-corrected chi connectivity index (χ3v) is 5.93. The van der Waals surface area contributed by atoms with E-state index < -0.39 is 8.30 Å². The van der Waals surface area contributed by atoms with Gasteiger partial charge >= 0.3 is 5.97 Å². The number of ether oxygens (including phenoxy) is 2. The second kappa shape index (κ2) is 14.0. The Morgan fingerprint density at radius 2 is 1.67 bits per heavy atom. The summed E-state index contributed by atoms with van der Waals surface area (Å²) in [5.41, 5.74) is 0. The van der Waals surface area contributed by atoms with E-state index in [0.29, 0.717) is 25.1 Å². The molecule has 0 aromatic rings. The van der Waals surface area contributed by atoms with Gasteiger partial charge < -0.3 is 14.0 Å². The molecule has 0 aliphatic rings. The van der Waals surface area contributed by atoms with Crippen LogP contribution in [0.3, 0.4) is 0 Å². The number of nitrogens with zero attached hydrogens (tertiary/aromatic N) is 1. The van der Waals surface area contributed by atoms with Crippen LogP contribution in [0.5, 0.6) is 0 Å².